The van der Waals surface area contributed by atoms with Gasteiger partial charge in [0, 0.05) is 10.8 Å². The molecule has 4 aliphatic carbocycles. The van der Waals surface area contributed by atoms with Gasteiger partial charge in [0.1, 0.15) is 0 Å². The first-order chi connectivity index (χ1) is 27.7. The second kappa shape index (κ2) is 11.2. The number of aryl methyl sites for hydroxylation is 1. The Morgan fingerprint density at radius 1 is 0.333 bits per heavy atom. The maximum atomic E-state index is 2.55. The predicted octanol–water partition coefficient (Wildman–Crippen LogP) is 14.2. The molecule has 8 aromatic carbocycles. The van der Waals surface area contributed by atoms with Crippen molar-refractivity contribution < 1.29 is 0 Å². The van der Waals surface area contributed by atoms with Crippen LogP contribution in [-0.2, 0) is 22.7 Å². The molecule has 8 aromatic rings. The van der Waals surface area contributed by atoms with Crippen molar-refractivity contribution >= 4 is 0 Å². The number of fused-ring (bicyclic) bond motifs is 15. The van der Waals surface area contributed by atoms with Crippen LogP contribution in [0.15, 0.2) is 164 Å². The number of rotatable bonds is 2. The van der Waals surface area contributed by atoms with Gasteiger partial charge in [0.15, 0.2) is 0 Å². The maximum absolute atomic E-state index is 2.55. The third-order valence-electron chi connectivity index (χ3n) is 14.4. The summed E-state index contributed by atoms with van der Waals surface area (Å²) in [4.78, 5) is 0. The van der Waals surface area contributed by atoms with Gasteiger partial charge in [0.05, 0.1) is 5.41 Å². The Kier molecular flexibility index (Phi) is 6.48. The highest BCUT2D eigenvalue weighted by molar-refractivity contribution is 5.92. The maximum Gasteiger partial charge on any atom is 0.0719 e. The molecule has 0 heteroatoms. The van der Waals surface area contributed by atoms with E-state index in [1.165, 1.54) is 117 Å². The lowest BCUT2D eigenvalue weighted by Gasteiger charge is -2.41. The molecule has 0 atom stereocenters. The molecule has 0 aliphatic heterocycles. The summed E-state index contributed by atoms with van der Waals surface area (Å²) in [5.74, 6) is 0. The number of benzene rings is 8. The predicted molar refractivity (Wildman–Crippen MR) is 237 cm³/mol. The first-order valence-corrected chi connectivity index (χ1v) is 20.6. The van der Waals surface area contributed by atoms with E-state index in [0.29, 0.717) is 0 Å². The molecule has 4 aliphatic rings. The zero-order chi connectivity index (χ0) is 38.4. The van der Waals surface area contributed by atoms with Crippen molar-refractivity contribution in [2.45, 2.75) is 57.3 Å². The Hall–Kier alpha value is -6.24. The summed E-state index contributed by atoms with van der Waals surface area (Å²) in [6.45, 7) is 11.8. The van der Waals surface area contributed by atoms with E-state index in [1.54, 1.807) is 0 Å². The monoisotopic (exact) mass is 728 g/mol. The molecule has 57 heavy (non-hydrogen) atoms. The summed E-state index contributed by atoms with van der Waals surface area (Å²) in [6, 6.07) is 63.2. The van der Waals surface area contributed by atoms with Crippen LogP contribution in [0, 0.1) is 6.92 Å². The molecule has 0 heterocycles. The van der Waals surface area contributed by atoms with Crippen molar-refractivity contribution in [1.82, 2.24) is 0 Å². The summed E-state index contributed by atoms with van der Waals surface area (Å²) in [5, 5.41) is 0. The van der Waals surface area contributed by atoms with Crippen LogP contribution in [0.2, 0.25) is 0 Å². The van der Waals surface area contributed by atoms with Gasteiger partial charge in [-0.3, -0.25) is 0 Å². The molecule has 1 spiro atoms. The molecule has 0 amide bonds. The van der Waals surface area contributed by atoms with E-state index in [-0.39, 0.29) is 10.8 Å². The summed E-state index contributed by atoms with van der Waals surface area (Å²) in [7, 11) is 0. The van der Waals surface area contributed by atoms with Gasteiger partial charge in [-0.2, -0.15) is 0 Å². The molecule has 0 radical (unpaired) electrons. The van der Waals surface area contributed by atoms with Crippen LogP contribution in [0.5, 0.6) is 0 Å². The Balaban J connectivity index is 1.10. The van der Waals surface area contributed by atoms with Gasteiger partial charge in [-0.25, -0.2) is 0 Å². The zero-order valence-electron chi connectivity index (χ0n) is 33.3. The van der Waals surface area contributed by atoms with Crippen molar-refractivity contribution in [2.75, 3.05) is 0 Å². The largest absolute Gasteiger partial charge is 0.0719 e. The van der Waals surface area contributed by atoms with Gasteiger partial charge >= 0.3 is 0 Å². The van der Waals surface area contributed by atoms with Gasteiger partial charge in [-0.15, -0.1) is 0 Å². The smallest absolute Gasteiger partial charge is 0.0619 e. The summed E-state index contributed by atoms with van der Waals surface area (Å²) in [6.07, 6.45) is 0.884. The molecule has 12 rings (SSSR count). The number of hydrogen-bond donors (Lipinski definition) is 0. The van der Waals surface area contributed by atoms with E-state index in [1.807, 2.05) is 0 Å². The third kappa shape index (κ3) is 4.13. The Morgan fingerprint density at radius 3 is 1.28 bits per heavy atom. The normalized spacial score (nSPS) is 16.2. The van der Waals surface area contributed by atoms with Crippen molar-refractivity contribution in [2.24, 2.45) is 0 Å². The first-order valence-electron chi connectivity index (χ1n) is 20.6. The van der Waals surface area contributed by atoms with Crippen LogP contribution in [0.3, 0.4) is 0 Å². The van der Waals surface area contributed by atoms with Crippen LogP contribution >= 0.6 is 0 Å². The van der Waals surface area contributed by atoms with Crippen LogP contribution < -0.4 is 0 Å². The van der Waals surface area contributed by atoms with Crippen LogP contribution in [0.4, 0.5) is 0 Å². The molecule has 0 unspecified atom stereocenters. The molecule has 272 valence electrons. The van der Waals surface area contributed by atoms with E-state index in [9.17, 15) is 0 Å². The summed E-state index contributed by atoms with van der Waals surface area (Å²) >= 11 is 0. The molecule has 0 N–H and O–H groups in total. The minimum atomic E-state index is -0.410. The molecule has 0 fully saturated rings. The van der Waals surface area contributed by atoms with Gasteiger partial charge in [0.25, 0.3) is 0 Å². The number of hydrogen-bond acceptors (Lipinski definition) is 0. The lowest BCUT2D eigenvalue weighted by Crippen LogP contribution is -2.34. The molecule has 0 saturated carbocycles. The lowest BCUT2D eigenvalue weighted by atomic mass is 9.61. The zero-order valence-corrected chi connectivity index (χ0v) is 33.3. The second-order valence-corrected chi connectivity index (χ2v) is 18.1. The lowest BCUT2D eigenvalue weighted by molar-refractivity contribution is 0.662. The van der Waals surface area contributed by atoms with E-state index >= 15 is 0 Å². The highest BCUT2D eigenvalue weighted by Gasteiger charge is 2.50. The third-order valence-corrected chi connectivity index (χ3v) is 14.4. The van der Waals surface area contributed by atoms with E-state index in [4.69, 9.17) is 0 Å². The van der Waals surface area contributed by atoms with E-state index in [0.717, 1.165) is 6.42 Å². The standard InChI is InChI=1S/C57H44/c1-34-24-27-50-46(30-34)45-20-13-18-40(54(45)56(50,4)5)36-26-29-48-38(32-36)33-37-31-35(39-17-12-19-44-43-16-6-9-21-49(43)55(2,3)53(39)44)25-28-47(37)57(48)51-22-10-7-14-41(51)42-15-8-11-23-52(42)57/h6-32H,33H2,1-5H3. The average molecular weight is 729 g/mol. The van der Waals surface area contributed by atoms with Crippen molar-refractivity contribution in [1.29, 1.82) is 0 Å². The second-order valence-electron chi connectivity index (χ2n) is 18.1. The fraction of sp³-hybridized carbons (Fsp3) is 0.158. The molecular formula is C57H44. The van der Waals surface area contributed by atoms with Gasteiger partial charge < -0.3 is 0 Å². The Morgan fingerprint density at radius 2 is 0.737 bits per heavy atom. The molecule has 0 bridgehead atoms. The average Bonchev–Trinajstić information content (AvgIpc) is 3.75. The highest BCUT2D eigenvalue weighted by atomic mass is 14.5. The Labute approximate surface area is 336 Å². The van der Waals surface area contributed by atoms with Gasteiger partial charge in [0.2, 0.25) is 0 Å². The van der Waals surface area contributed by atoms with Crippen LogP contribution in [0.25, 0.3) is 55.6 Å². The molecule has 0 nitrogen and oxygen atoms in total. The fourth-order valence-electron chi connectivity index (χ4n) is 12.1. The van der Waals surface area contributed by atoms with Crippen molar-refractivity contribution in [3.05, 3.63) is 225 Å². The summed E-state index contributed by atoms with van der Waals surface area (Å²) < 4.78 is 0. The topological polar surface area (TPSA) is 0 Å². The van der Waals surface area contributed by atoms with Crippen molar-refractivity contribution in [3.63, 3.8) is 0 Å². The first kappa shape index (κ1) is 33.0. The molecule has 0 aromatic heterocycles. The quantitative estimate of drug-likeness (QED) is 0.166. The van der Waals surface area contributed by atoms with E-state index < -0.39 is 5.41 Å². The minimum absolute atomic E-state index is 0.0907. The van der Waals surface area contributed by atoms with Gasteiger partial charge in [-0.05, 0) is 125 Å². The fourth-order valence-corrected chi connectivity index (χ4v) is 12.1. The Bertz CT molecular complexity index is 3010. The van der Waals surface area contributed by atoms with Crippen molar-refractivity contribution in [3.8, 4) is 55.6 Å². The molecule has 0 saturated heterocycles. The van der Waals surface area contributed by atoms with Crippen LogP contribution in [0.1, 0.15) is 88.9 Å². The van der Waals surface area contributed by atoms with Gasteiger partial charge in [-0.1, -0.05) is 197 Å². The highest BCUT2D eigenvalue weighted by Crippen LogP contribution is 2.61. The summed E-state index contributed by atoms with van der Waals surface area (Å²) in [5.41, 5.74) is 28.3. The van der Waals surface area contributed by atoms with E-state index in [2.05, 4.69) is 198 Å². The SMILES string of the molecule is Cc1ccc2c(c1)-c1cccc(-c3ccc4c(c3)Cc3cc(-c5cccc6c5C(C)(C)c5ccccc5-6)ccc3C43c4ccccc4-c4ccccc43)c1C2(C)C. The minimum Gasteiger partial charge on any atom is -0.0619 e. The van der Waals surface area contributed by atoms with Crippen LogP contribution in [-0.4, -0.2) is 0 Å². The molecular weight excluding hydrogens is 685 g/mol.